The van der Waals surface area contributed by atoms with E-state index in [1.807, 2.05) is 19.1 Å². The Morgan fingerprint density at radius 1 is 1.38 bits per heavy atom. The van der Waals surface area contributed by atoms with E-state index in [1.54, 1.807) is 12.5 Å². The lowest BCUT2D eigenvalue weighted by atomic mass is 10.3. The van der Waals surface area contributed by atoms with E-state index in [-0.39, 0.29) is 0 Å². The van der Waals surface area contributed by atoms with Gasteiger partial charge >= 0.3 is 0 Å². The van der Waals surface area contributed by atoms with E-state index in [1.165, 1.54) is 0 Å². The van der Waals surface area contributed by atoms with Crippen LogP contribution in [-0.2, 0) is 0 Å². The van der Waals surface area contributed by atoms with Gasteiger partial charge in [0.25, 0.3) is 0 Å². The summed E-state index contributed by atoms with van der Waals surface area (Å²) in [6.45, 7) is 1.90. The van der Waals surface area contributed by atoms with Crippen LogP contribution < -0.4 is 0 Å². The van der Waals surface area contributed by atoms with Crippen molar-refractivity contribution in [2.24, 2.45) is 0 Å². The number of imidazole rings is 1. The first-order valence-corrected chi connectivity index (χ1v) is 5.58. The van der Waals surface area contributed by atoms with Crippen molar-refractivity contribution in [1.82, 2.24) is 15.0 Å². The van der Waals surface area contributed by atoms with Crippen molar-refractivity contribution in [2.75, 3.05) is 0 Å². The molecule has 3 heterocycles. The van der Waals surface area contributed by atoms with Gasteiger partial charge in [0.15, 0.2) is 5.65 Å². The highest BCUT2D eigenvalue weighted by molar-refractivity contribution is 9.10. The van der Waals surface area contributed by atoms with E-state index >= 15 is 0 Å². The Morgan fingerprint density at radius 3 is 3.00 bits per heavy atom. The Labute approximate surface area is 99.8 Å². The summed E-state index contributed by atoms with van der Waals surface area (Å²) in [7, 11) is 0. The van der Waals surface area contributed by atoms with Crippen LogP contribution in [0.1, 0.15) is 5.76 Å². The number of fused-ring (bicyclic) bond motifs is 1. The summed E-state index contributed by atoms with van der Waals surface area (Å²) >= 11 is 3.37. The summed E-state index contributed by atoms with van der Waals surface area (Å²) in [4.78, 5) is 11.8. The molecule has 0 aliphatic rings. The van der Waals surface area contributed by atoms with Crippen molar-refractivity contribution in [3.8, 4) is 11.4 Å². The topological polar surface area (TPSA) is 54.7 Å². The second-order valence-corrected chi connectivity index (χ2v) is 4.47. The van der Waals surface area contributed by atoms with E-state index in [9.17, 15) is 0 Å². The van der Waals surface area contributed by atoms with Gasteiger partial charge in [0.1, 0.15) is 17.8 Å². The molecule has 0 fully saturated rings. The number of halogens is 1. The number of aryl methyl sites for hydroxylation is 1. The van der Waals surface area contributed by atoms with Gasteiger partial charge in [-0.2, -0.15) is 0 Å². The molecule has 80 valence electrons. The molecule has 0 saturated carbocycles. The zero-order valence-corrected chi connectivity index (χ0v) is 10.1. The van der Waals surface area contributed by atoms with Gasteiger partial charge < -0.3 is 9.40 Å². The second-order valence-electron chi connectivity index (χ2n) is 3.56. The maximum atomic E-state index is 5.25. The molecule has 3 aromatic rings. The Kier molecular flexibility index (Phi) is 2.07. The summed E-state index contributed by atoms with van der Waals surface area (Å²) in [5.41, 5.74) is 2.55. The molecule has 4 nitrogen and oxygen atoms in total. The van der Waals surface area contributed by atoms with Gasteiger partial charge in [-0.1, -0.05) is 0 Å². The molecule has 16 heavy (non-hydrogen) atoms. The lowest BCUT2D eigenvalue weighted by Crippen LogP contribution is -1.75. The van der Waals surface area contributed by atoms with Gasteiger partial charge in [-0.05, 0) is 35.0 Å². The number of rotatable bonds is 1. The van der Waals surface area contributed by atoms with Crippen LogP contribution in [0.25, 0.3) is 22.6 Å². The first kappa shape index (κ1) is 9.59. The molecule has 0 aliphatic heterocycles. The normalized spacial score (nSPS) is 11.1. The maximum Gasteiger partial charge on any atom is 0.178 e. The standard InChI is InChI=1S/C11H8BrN3O/c1-6-2-7(5-16-6)10-14-9-3-8(12)4-13-11(9)15-10/h2-5H,1H3,(H,13,14,15). The molecular weight excluding hydrogens is 270 g/mol. The van der Waals surface area contributed by atoms with Crippen molar-refractivity contribution in [3.05, 3.63) is 34.8 Å². The SMILES string of the molecule is Cc1cc(-c2nc3ncc(Br)cc3[nH]2)co1. The minimum Gasteiger partial charge on any atom is -0.469 e. The summed E-state index contributed by atoms with van der Waals surface area (Å²) in [5, 5.41) is 0. The fourth-order valence-electron chi connectivity index (χ4n) is 1.58. The maximum absolute atomic E-state index is 5.25. The molecule has 0 radical (unpaired) electrons. The highest BCUT2D eigenvalue weighted by atomic mass is 79.9. The average molecular weight is 278 g/mol. The lowest BCUT2D eigenvalue weighted by Gasteiger charge is -1.87. The zero-order valence-electron chi connectivity index (χ0n) is 8.49. The third kappa shape index (κ3) is 1.53. The monoisotopic (exact) mass is 277 g/mol. The fourth-order valence-corrected chi connectivity index (χ4v) is 1.91. The first-order valence-electron chi connectivity index (χ1n) is 4.79. The largest absolute Gasteiger partial charge is 0.469 e. The van der Waals surface area contributed by atoms with E-state index in [0.717, 1.165) is 27.1 Å². The predicted molar refractivity (Wildman–Crippen MR) is 64.0 cm³/mol. The minimum atomic E-state index is 0.706. The van der Waals surface area contributed by atoms with Gasteiger partial charge in [0.2, 0.25) is 0 Å². The van der Waals surface area contributed by atoms with Crippen LogP contribution in [-0.4, -0.2) is 15.0 Å². The molecule has 3 aromatic heterocycles. The van der Waals surface area contributed by atoms with Crippen LogP contribution >= 0.6 is 15.9 Å². The number of H-pyrrole nitrogens is 1. The Morgan fingerprint density at radius 2 is 2.25 bits per heavy atom. The molecule has 0 amide bonds. The summed E-state index contributed by atoms with van der Waals surface area (Å²) in [5.74, 6) is 1.64. The van der Waals surface area contributed by atoms with Crippen molar-refractivity contribution < 1.29 is 4.42 Å². The summed E-state index contributed by atoms with van der Waals surface area (Å²) in [6.07, 6.45) is 3.41. The number of nitrogens with zero attached hydrogens (tertiary/aromatic N) is 2. The smallest absolute Gasteiger partial charge is 0.178 e. The number of furan rings is 1. The van der Waals surface area contributed by atoms with Gasteiger partial charge in [-0.25, -0.2) is 9.97 Å². The van der Waals surface area contributed by atoms with Crippen LogP contribution in [0.3, 0.4) is 0 Å². The number of aromatic nitrogens is 3. The van der Waals surface area contributed by atoms with Crippen molar-refractivity contribution in [1.29, 1.82) is 0 Å². The third-order valence-corrected chi connectivity index (χ3v) is 2.74. The van der Waals surface area contributed by atoms with E-state index < -0.39 is 0 Å². The Balaban J connectivity index is 2.18. The summed E-state index contributed by atoms with van der Waals surface area (Å²) in [6, 6.07) is 3.89. The fraction of sp³-hybridized carbons (Fsp3) is 0.0909. The number of hydrogen-bond acceptors (Lipinski definition) is 3. The lowest BCUT2D eigenvalue weighted by molar-refractivity contribution is 0.535. The van der Waals surface area contributed by atoms with Gasteiger partial charge in [-0.15, -0.1) is 0 Å². The molecule has 0 aliphatic carbocycles. The molecule has 5 heteroatoms. The van der Waals surface area contributed by atoms with Crippen molar-refractivity contribution >= 4 is 27.1 Å². The molecule has 0 atom stereocenters. The van der Waals surface area contributed by atoms with Crippen molar-refractivity contribution in [2.45, 2.75) is 6.92 Å². The molecule has 0 unspecified atom stereocenters. The van der Waals surface area contributed by atoms with Gasteiger partial charge in [0, 0.05) is 10.7 Å². The third-order valence-electron chi connectivity index (χ3n) is 2.31. The molecule has 0 bridgehead atoms. The predicted octanol–water partition coefficient (Wildman–Crippen LogP) is 3.29. The Bertz CT molecular complexity index is 656. The average Bonchev–Trinajstić information content (AvgIpc) is 2.83. The van der Waals surface area contributed by atoms with Crippen LogP contribution in [0.2, 0.25) is 0 Å². The van der Waals surface area contributed by atoms with Crippen LogP contribution in [0.15, 0.2) is 33.5 Å². The first-order chi connectivity index (χ1) is 7.72. The molecule has 3 rings (SSSR count). The number of aromatic amines is 1. The highest BCUT2D eigenvalue weighted by Gasteiger charge is 2.08. The van der Waals surface area contributed by atoms with E-state index in [2.05, 4.69) is 30.9 Å². The van der Waals surface area contributed by atoms with E-state index in [4.69, 9.17) is 4.42 Å². The van der Waals surface area contributed by atoms with Crippen LogP contribution in [0.5, 0.6) is 0 Å². The van der Waals surface area contributed by atoms with Gasteiger partial charge in [-0.3, -0.25) is 0 Å². The molecule has 1 N–H and O–H groups in total. The number of nitrogens with one attached hydrogen (secondary N) is 1. The quantitative estimate of drug-likeness (QED) is 0.743. The Hall–Kier alpha value is -1.62. The highest BCUT2D eigenvalue weighted by Crippen LogP contribution is 2.22. The molecule has 0 aromatic carbocycles. The van der Waals surface area contributed by atoms with Crippen LogP contribution in [0.4, 0.5) is 0 Å². The number of pyridine rings is 1. The van der Waals surface area contributed by atoms with Crippen LogP contribution in [0, 0.1) is 6.92 Å². The molecule has 0 spiro atoms. The van der Waals surface area contributed by atoms with Crippen molar-refractivity contribution in [3.63, 3.8) is 0 Å². The summed E-state index contributed by atoms with van der Waals surface area (Å²) < 4.78 is 6.18. The second kappa shape index (κ2) is 3.45. The number of hydrogen-bond donors (Lipinski definition) is 1. The molecular formula is C11H8BrN3O. The minimum absolute atomic E-state index is 0.706. The van der Waals surface area contributed by atoms with Gasteiger partial charge in [0.05, 0.1) is 11.1 Å². The zero-order chi connectivity index (χ0) is 11.1. The molecule has 0 saturated heterocycles. The van der Waals surface area contributed by atoms with E-state index in [0.29, 0.717) is 5.65 Å².